The van der Waals surface area contributed by atoms with Gasteiger partial charge in [-0.15, -0.1) is 0 Å². The van der Waals surface area contributed by atoms with E-state index in [1.54, 1.807) is 0 Å². The maximum Gasteiger partial charge on any atom is 0.304 e. The van der Waals surface area contributed by atoms with Gasteiger partial charge < -0.3 is 16.6 Å². The standard InChI is InChI=1S/C15H18N2O2/c1-9-2-3-11-7-12(5-4-10(11)6-9)15(17)13(16)8-14(18)19/h2-7,13,15H,8,16-17H2,1H3,(H,18,19). The largest absolute Gasteiger partial charge is 0.481 e. The molecule has 0 saturated carbocycles. The van der Waals surface area contributed by atoms with E-state index in [1.165, 1.54) is 5.56 Å². The van der Waals surface area contributed by atoms with Crippen molar-refractivity contribution in [1.82, 2.24) is 0 Å². The minimum Gasteiger partial charge on any atom is -0.481 e. The Bertz CT molecular complexity index is 610. The summed E-state index contributed by atoms with van der Waals surface area (Å²) in [6.07, 6.45) is -0.132. The Morgan fingerprint density at radius 2 is 1.79 bits per heavy atom. The van der Waals surface area contributed by atoms with Gasteiger partial charge in [0.15, 0.2) is 0 Å². The van der Waals surface area contributed by atoms with Gasteiger partial charge in [0.1, 0.15) is 0 Å². The van der Waals surface area contributed by atoms with E-state index in [4.69, 9.17) is 16.6 Å². The lowest BCUT2D eigenvalue weighted by Crippen LogP contribution is -2.36. The predicted molar refractivity (Wildman–Crippen MR) is 75.8 cm³/mol. The number of carboxylic acid groups (broad SMARTS) is 1. The van der Waals surface area contributed by atoms with Gasteiger partial charge in [-0.25, -0.2) is 0 Å². The summed E-state index contributed by atoms with van der Waals surface area (Å²) in [5, 5.41) is 11.0. The van der Waals surface area contributed by atoms with E-state index in [2.05, 4.69) is 6.07 Å². The molecular weight excluding hydrogens is 240 g/mol. The van der Waals surface area contributed by atoms with E-state index in [9.17, 15) is 4.79 Å². The van der Waals surface area contributed by atoms with Crippen LogP contribution in [-0.2, 0) is 4.79 Å². The van der Waals surface area contributed by atoms with Gasteiger partial charge in [0.05, 0.1) is 6.42 Å². The molecule has 2 rings (SSSR count). The minimum atomic E-state index is -0.931. The van der Waals surface area contributed by atoms with Crippen LogP contribution < -0.4 is 11.5 Å². The summed E-state index contributed by atoms with van der Waals surface area (Å²) in [6, 6.07) is 11.0. The number of hydrogen-bond acceptors (Lipinski definition) is 3. The van der Waals surface area contributed by atoms with E-state index in [1.807, 2.05) is 37.3 Å². The van der Waals surface area contributed by atoms with Crippen molar-refractivity contribution < 1.29 is 9.90 Å². The Morgan fingerprint density at radius 3 is 2.47 bits per heavy atom. The molecule has 0 aliphatic carbocycles. The Hall–Kier alpha value is -1.91. The first-order valence-electron chi connectivity index (χ1n) is 6.20. The Kier molecular flexibility index (Phi) is 3.83. The molecule has 0 bridgehead atoms. The number of aliphatic carboxylic acids is 1. The monoisotopic (exact) mass is 258 g/mol. The fourth-order valence-corrected chi connectivity index (χ4v) is 2.17. The number of nitrogens with two attached hydrogens (primary N) is 2. The Morgan fingerprint density at radius 1 is 1.16 bits per heavy atom. The highest BCUT2D eigenvalue weighted by molar-refractivity contribution is 5.84. The molecule has 0 aliphatic heterocycles. The number of rotatable bonds is 4. The predicted octanol–water partition coefficient (Wildman–Crippen LogP) is 1.95. The molecule has 2 aromatic carbocycles. The second-order valence-corrected chi connectivity index (χ2v) is 4.90. The SMILES string of the molecule is Cc1ccc2cc(C(N)C(N)CC(=O)O)ccc2c1. The zero-order chi connectivity index (χ0) is 14.0. The number of carboxylic acids is 1. The van der Waals surface area contributed by atoms with Crippen LogP contribution >= 0.6 is 0 Å². The molecule has 0 heterocycles. The molecule has 100 valence electrons. The van der Waals surface area contributed by atoms with Crippen molar-refractivity contribution in [3.8, 4) is 0 Å². The normalized spacial score (nSPS) is 14.3. The van der Waals surface area contributed by atoms with Crippen LogP contribution in [0.1, 0.15) is 23.6 Å². The maximum atomic E-state index is 10.7. The van der Waals surface area contributed by atoms with Crippen LogP contribution in [0.2, 0.25) is 0 Å². The smallest absolute Gasteiger partial charge is 0.304 e. The van der Waals surface area contributed by atoms with Gasteiger partial charge >= 0.3 is 5.97 Å². The van der Waals surface area contributed by atoms with Gasteiger partial charge in [-0.05, 0) is 29.3 Å². The van der Waals surface area contributed by atoms with Crippen molar-refractivity contribution >= 4 is 16.7 Å². The molecule has 2 atom stereocenters. The zero-order valence-corrected chi connectivity index (χ0v) is 10.8. The number of hydrogen-bond donors (Lipinski definition) is 3. The van der Waals surface area contributed by atoms with Crippen LogP contribution in [0.5, 0.6) is 0 Å². The first-order chi connectivity index (χ1) is 8.97. The lowest BCUT2D eigenvalue weighted by Gasteiger charge is -2.19. The van der Waals surface area contributed by atoms with Crippen LogP contribution in [0.4, 0.5) is 0 Å². The summed E-state index contributed by atoms with van der Waals surface area (Å²) in [5.41, 5.74) is 13.9. The highest BCUT2D eigenvalue weighted by Crippen LogP contribution is 2.22. The fourth-order valence-electron chi connectivity index (χ4n) is 2.17. The van der Waals surface area contributed by atoms with Crippen molar-refractivity contribution in [2.45, 2.75) is 25.4 Å². The van der Waals surface area contributed by atoms with E-state index in [0.29, 0.717) is 0 Å². The van der Waals surface area contributed by atoms with E-state index in [-0.39, 0.29) is 6.42 Å². The molecule has 0 amide bonds. The molecule has 0 spiro atoms. The van der Waals surface area contributed by atoms with E-state index >= 15 is 0 Å². The molecule has 0 aromatic heterocycles. The van der Waals surface area contributed by atoms with Crippen molar-refractivity contribution in [3.05, 3.63) is 47.5 Å². The molecule has 19 heavy (non-hydrogen) atoms. The zero-order valence-electron chi connectivity index (χ0n) is 10.8. The minimum absolute atomic E-state index is 0.132. The third-order valence-electron chi connectivity index (χ3n) is 3.28. The highest BCUT2D eigenvalue weighted by Gasteiger charge is 2.18. The molecule has 0 fully saturated rings. The Labute approximate surface area is 112 Å². The maximum absolute atomic E-state index is 10.7. The van der Waals surface area contributed by atoms with Gasteiger partial charge in [-0.3, -0.25) is 4.79 Å². The summed E-state index contributed by atoms with van der Waals surface area (Å²) < 4.78 is 0. The average Bonchev–Trinajstić information content (AvgIpc) is 2.36. The number of carbonyl (C=O) groups is 1. The molecule has 2 unspecified atom stereocenters. The van der Waals surface area contributed by atoms with Crippen LogP contribution in [0.15, 0.2) is 36.4 Å². The number of aryl methyl sites for hydroxylation is 1. The first-order valence-corrected chi connectivity index (χ1v) is 6.20. The van der Waals surface area contributed by atoms with Crippen LogP contribution in [0, 0.1) is 6.92 Å². The lowest BCUT2D eigenvalue weighted by atomic mass is 9.95. The summed E-state index contributed by atoms with van der Waals surface area (Å²) in [6.45, 7) is 2.04. The fraction of sp³-hybridized carbons (Fsp3) is 0.267. The van der Waals surface area contributed by atoms with Gasteiger partial charge in [0.25, 0.3) is 0 Å². The molecule has 4 nitrogen and oxygen atoms in total. The summed E-state index contributed by atoms with van der Waals surface area (Å²) >= 11 is 0. The number of benzene rings is 2. The van der Waals surface area contributed by atoms with Gasteiger partial charge in [-0.1, -0.05) is 35.9 Å². The Balaban J connectivity index is 2.30. The summed E-state index contributed by atoms with van der Waals surface area (Å²) in [4.78, 5) is 10.7. The average molecular weight is 258 g/mol. The molecule has 2 aromatic rings. The lowest BCUT2D eigenvalue weighted by molar-refractivity contribution is -0.137. The quantitative estimate of drug-likeness (QED) is 0.782. The topological polar surface area (TPSA) is 89.3 Å². The third kappa shape index (κ3) is 3.10. The molecular formula is C15H18N2O2. The van der Waals surface area contributed by atoms with Crippen LogP contribution in [0.3, 0.4) is 0 Å². The van der Waals surface area contributed by atoms with E-state index in [0.717, 1.165) is 16.3 Å². The van der Waals surface area contributed by atoms with Crippen molar-refractivity contribution in [1.29, 1.82) is 0 Å². The van der Waals surface area contributed by atoms with Gasteiger partial charge in [0.2, 0.25) is 0 Å². The van der Waals surface area contributed by atoms with Crippen molar-refractivity contribution in [2.75, 3.05) is 0 Å². The summed E-state index contributed by atoms with van der Waals surface area (Å²) in [5.74, 6) is -0.931. The van der Waals surface area contributed by atoms with Crippen molar-refractivity contribution in [3.63, 3.8) is 0 Å². The van der Waals surface area contributed by atoms with Crippen LogP contribution in [-0.4, -0.2) is 17.1 Å². The molecule has 4 heteroatoms. The van der Waals surface area contributed by atoms with Gasteiger partial charge in [-0.2, -0.15) is 0 Å². The molecule has 0 saturated heterocycles. The third-order valence-corrected chi connectivity index (χ3v) is 3.28. The van der Waals surface area contributed by atoms with Crippen LogP contribution in [0.25, 0.3) is 10.8 Å². The highest BCUT2D eigenvalue weighted by atomic mass is 16.4. The molecule has 0 aliphatic rings. The summed E-state index contributed by atoms with van der Waals surface area (Å²) in [7, 11) is 0. The van der Waals surface area contributed by atoms with E-state index < -0.39 is 18.1 Å². The van der Waals surface area contributed by atoms with Gasteiger partial charge in [0, 0.05) is 12.1 Å². The second-order valence-electron chi connectivity index (χ2n) is 4.90. The van der Waals surface area contributed by atoms with Crippen molar-refractivity contribution in [2.24, 2.45) is 11.5 Å². The molecule has 5 N–H and O–H groups in total. The molecule has 0 radical (unpaired) electrons. The first kappa shape index (κ1) is 13.5. The second kappa shape index (κ2) is 5.38. The number of fused-ring (bicyclic) bond motifs is 1.